The monoisotopic (exact) mass is 236 g/mol. The molecule has 0 amide bonds. The highest BCUT2D eigenvalue weighted by molar-refractivity contribution is 5.64. The Morgan fingerprint density at radius 3 is 2.82 bits per heavy atom. The molecule has 1 aliphatic carbocycles. The molecule has 4 atom stereocenters. The van der Waals surface area contributed by atoms with Gasteiger partial charge in [0, 0.05) is 5.57 Å². The molecule has 5 heteroatoms. The molecule has 1 heterocycles. The zero-order chi connectivity index (χ0) is 12.6. The van der Waals surface area contributed by atoms with Gasteiger partial charge < -0.3 is 19.7 Å². The molecule has 0 aromatic rings. The molecule has 0 aromatic carbocycles. The van der Waals surface area contributed by atoms with Crippen LogP contribution in [0.3, 0.4) is 0 Å². The Balaban J connectivity index is 2.28. The standard InChI is InChI=1S/C12H12O5/c1-6(2)3-4-7-5-8-11(10(14)9(7)13)17-12(15)16-8/h5,8-11,13-14H,1H2,2H3/t8-,9+,10-,11-/m1/s1. The van der Waals surface area contributed by atoms with E-state index in [1.54, 1.807) is 6.92 Å². The van der Waals surface area contributed by atoms with Gasteiger partial charge in [0.15, 0.2) is 12.2 Å². The third kappa shape index (κ3) is 2.18. The predicted molar refractivity (Wildman–Crippen MR) is 57.8 cm³/mol. The van der Waals surface area contributed by atoms with Crippen LogP contribution in [0.2, 0.25) is 0 Å². The van der Waals surface area contributed by atoms with E-state index in [1.165, 1.54) is 6.08 Å². The highest BCUT2D eigenvalue weighted by Gasteiger charge is 2.47. The minimum atomic E-state index is -1.23. The maximum atomic E-state index is 10.9. The van der Waals surface area contributed by atoms with E-state index in [0.717, 1.165) is 0 Å². The average molecular weight is 236 g/mol. The summed E-state index contributed by atoms with van der Waals surface area (Å²) in [5, 5.41) is 19.5. The van der Waals surface area contributed by atoms with Gasteiger partial charge in [-0.15, -0.1) is 0 Å². The molecule has 0 aromatic heterocycles. The van der Waals surface area contributed by atoms with Crippen molar-refractivity contribution in [3.63, 3.8) is 0 Å². The zero-order valence-electron chi connectivity index (χ0n) is 9.21. The van der Waals surface area contributed by atoms with Crippen LogP contribution in [0.5, 0.6) is 0 Å². The van der Waals surface area contributed by atoms with Crippen molar-refractivity contribution in [2.75, 3.05) is 0 Å². The molecule has 0 unspecified atom stereocenters. The molecule has 0 spiro atoms. The van der Waals surface area contributed by atoms with Crippen molar-refractivity contribution < 1.29 is 24.5 Å². The van der Waals surface area contributed by atoms with Gasteiger partial charge in [0.25, 0.3) is 0 Å². The van der Waals surface area contributed by atoms with E-state index in [2.05, 4.69) is 18.4 Å². The second-order valence-corrected chi connectivity index (χ2v) is 4.00. The first-order chi connectivity index (χ1) is 7.99. The summed E-state index contributed by atoms with van der Waals surface area (Å²) in [6.07, 6.45) is -3.34. The number of fused-ring (bicyclic) bond motifs is 1. The van der Waals surface area contributed by atoms with Gasteiger partial charge in [0.1, 0.15) is 12.2 Å². The van der Waals surface area contributed by atoms with E-state index in [-0.39, 0.29) is 0 Å². The lowest BCUT2D eigenvalue weighted by atomic mass is 9.90. The Hall–Kier alpha value is -1.77. The lowest BCUT2D eigenvalue weighted by molar-refractivity contribution is -0.0473. The number of hydrogen-bond donors (Lipinski definition) is 2. The normalized spacial score (nSPS) is 34.8. The predicted octanol–water partition coefficient (Wildman–Crippen LogP) is 0.132. The van der Waals surface area contributed by atoms with Gasteiger partial charge in [0.2, 0.25) is 0 Å². The van der Waals surface area contributed by atoms with Gasteiger partial charge in [-0.2, -0.15) is 0 Å². The van der Waals surface area contributed by atoms with Crippen LogP contribution in [0.1, 0.15) is 6.92 Å². The smallest absolute Gasteiger partial charge is 0.424 e. The van der Waals surface area contributed by atoms with Crippen LogP contribution in [-0.2, 0) is 9.47 Å². The summed E-state index contributed by atoms with van der Waals surface area (Å²) in [6, 6.07) is 0. The summed E-state index contributed by atoms with van der Waals surface area (Å²) in [6.45, 7) is 5.33. The number of hydrogen-bond acceptors (Lipinski definition) is 5. The van der Waals surface area contributed by atoms with Crippen molar-refractivity contribution in [3.05, 3.63) is 23.8 Å². The van der Waals surface area contributed by atoms with E-state index >= 15 is 0 Å². The van der Waals surface area contributed by atoms with Crippen molar-refractivity contribution in [3.8, 4) is 11.8 Å². The molecule has 1 saturated heterocycles. The number of aliphatic hydroxyl groups is 2. The summed E-state index contributed by atoms with van der Waals surface area (Å²) >= 11 is 0. The van der Waals surface area contributed by atoms with Crippen molar-refractivity contribution in [1.82, 2.24) is 0 Å². The second-order valence-electron chi connectivity index (χ2n) is 4.00. The van der Waals surface area contributed by atoms with Gasteiger partial charge in [0.05, 0.1) is 0 Å². The third-order valence-electron chi connectivity index (χ3n) is 2.53. The summed E-state index contributed by atoms with van der Waals surface area (Å²) in [4.78, 5) is 10.9. The Morgan fingerprint density at radius 2 is 2.18 bits per heavy atom. The number of rotatable bonds is 0. The topological polar surface area (TPSA) is 76.0 Å². The third-order valence-corrected chi connectivity index (χ3v) is 2.53. The van der Waals surface area contributed by atoms with Crippen LogP contribution >= 0.6 is 0 Å². The number of carbonyl (C=O) groups is 1. The summed E-state index contributed by atoms with van der Waals surface area (Å²) in [5.41, 5.74) is 0.939. The number of allylic oxidation sites excluding steroid dienone is 1. The van der Waals surface area contributed by atoms with Crippen molar-refractivity contribution in [2.45, 2.75) is 31.3 Å². The fraction of sp³-hybridized carbons (Fsp3) is 0.417. The number of ether oxygens (including phenoxy) is 2. The summed E-state index contributed by atoms with van der Waals surface area (Å²) in [5.74, 6) is 5.38. The van der Waals surface area contributed by atoms with Crippen molar-refractivity contribution in [2.24, 2.45) is 0 Å². The van der Waals surface area contributed by atoms with Gasteiger partial charge in [-0.3, -0.25) is 0 Å². The number of carbonyl (C=O) groups excluding carboxylic acids is 1. The van der Waals surface area contributed by atoms with Crippen LogP contribution in [-0.4, -0.2) is 40.8 Å². The highest BCUT2D eigenvalue weighted by atomic mass is 16.8. The molecule has 17 heavy (non-hydrogen) atoms. The molecule has 1 aliphatic heterocycles. The molecule has 2 aliphatic rings. The largest absolute Gasteiger partial charge is 0.509 e. The summed E-state index contributed by atoms with van der Waals surface area (Å²) in [7, 11) is 0. The molecular weight excluding hydrogens is 224 g/mol. The Kier molecular flexibility index (Phi) is 2.92. The maximum Gasteiger partial charge on any atom is 0.509 e. The Labute approximate surface area is 98.3 Å². The minimum absolute atomic E-state index is 0.306. The second kappa shape index (κ2) is 4.24. The first-order valence-corrected chi connectivity index (χ1v) is 5.11. The average Bonchev–Trinajstić information content (AvgIpc) is 2.62. The molecule has 0 radical (unpaired) electrons. The number of aliphatic hydroxyl groups excluding tert-OH is 2. The lowest BCUT2D eigenvalue weighted by Crippen LogP contribution is -2.46. The van der Waals surface area contributed by atoms with E-state index in [0.29, 0.717) is 11.1 Å². The molecule has 90 valence electrons. The Bertz CT molecular complexity index is 453. The van der Waals surface area contributed by atoms with E-state index in [1.807, 2.05) is 0 Å². The summed E-state index contributed by atoms with van der Waals surface area (Å²) < 4.78 is 9.56. The SMILES string of the molecule is C=C(C)C#CC1=C[C@H]2OC(=O)O[C@H]2[C@H](O)[C@H]1O. The zero-order valence-corrected chi connectivity index (χ0v) is 9.21. The minimum Gasteiger partial charge on any atom is -0.424 e. The molecule has 5 nitrogen and oxygen atoms in total. The van der Waals surface area contributed by atoms with Crippen molar-refractivity contribution in [1.29, 1.82) is 0 Å². The first-order valence-electron chi connectivity index (χ1n) is 5.11. The van der Waals surface area contributed by atoms with Crippen molar-refractivity contribution >= 4 is 6.16 Å². The van der Waals surface area contributed by atoms with E-state index in [4.69, 9.17) is 9.47 Å². The van der Waals surface area contributed by atoms with Gasteiger partial charge in [-0.1, -0.05) is 18.4 Å². The highest BCUT2D eigenvalue weighted by Crippen LogP contribution is 2.29. The lowest BCUT2D eigenvalue weighted by Gasteiger charge is -2.28. The van der Waals surface area contributed by atoms with Crippen LogP contribution in [0.4, 0.5) is 4.79 Å². The molecule has 2 N–H and O–H groups in total. The maximum absolute atomic E-state index is 10.9. The van der Waals surface area contributed by atoms with E-state index < -0.39 is 30.6 Å². The van der Waals surface area contributed by atoms with Crippen LogP contribution < -0.4 is 0 Å². The fourth-order valence-corrected chi connectivity index (χ4v) is 1.71. The first kappa shape index (κ1) is 11.7. The fourth-order valence-electron chi connectivity index (χ4n) is 1.71. The van der Waals surface area contributed by atoms with Gasteiger partial charge in [-0.05, 0) is 18.6 Å². The van der Waals surface area contributed by atoms with Crippen LogP contribution in [0, 0.1) is 11.8 Å². The molecular formula is C12H12O5. The van der Waals surface area contributed by atoms with Crippen LogP contribution in [0.15, 0.2) is 23.8 Å². The molecule has 1 fully saturated rings. The van der Waals surface area contributed by atoms with Gasteiger partial charge in [-0.25, -0.2) is 4.79 Å². The molecule has 0 bridgehead atoms. The van der Waals surface area contributed by atoms with Crippen LogP contribution in [0.25, 0.3) is 0 Å². The molecule has 0 saturated carbocycles. The van der Waals surface area contributed by atoms with Gasteiger partial charge >= 0.3 is 6.16 Å². The van der Waals surface area contributed by atoms with E-state index in [9.17, 15) is 15.0 Å². The Morgan fingerprint density at radius 1 is 1.47 bits per heavy atom. The molecule has 2 rings (SSSR count). The quantitative estimate of drug-likeness (QED) is 0.462.